The number of hydrogen-bond acceptors (Lipinski definition) is 6. The molecule has 202 valence electrons. The second kappa shape index (κ2) is 12.3. The Balaban J connectivity index is 0.00000400. The highest BCUT2D eigenvalue weighted by atomic mass is 35.5. The SMILES string of the molecule is CCN(c1ccccc1)S(=O)(=O)c1ccc(C(=O)N(CCN(C)C)c2nc3cc(C)cc(C)c3s2)cc1.Cl. The Kier molecular flexibility index (Phi) is 9.54. The van der Waals surface area contributed by atoms with Crippen LogP contribution in [-0.2, 0) is 10.0 Å². The number of thiazole rings is 1. The van der Waals surface area contributed by atoms with E-state index in [1.165, 1.54) is 27.8 Å². The van der Waals surface area contributed by atoms with E-state index in [1.807, 2.05) is 50.2 Å². The number of hydrogen-bond donors (Lipinski definition) is 0. The van der Waals surface area contributed by atoms with Gasteiger partial charge in [-0.1, -0.05) is 35.6 Å². The van der Waals surface area contributed by atoms with Crippen LogP contribution in [0.15, 0.2) is 71.6 Å². The van der Waals surface area contributed by atoms with Crippen molar-refractivity contribution in [3.05, 3.63) is 83.4 Å². The summed E-state index contributed by atoms with van der Waals surface area (Å²) in [7, 11) is 0.142. The van der Waals surface area contributed by atoms with Gasteiger partial charge in [0, 0.05) is 25.2 Å². The average molecular weight is 573 g/mol. The van der Waals surface area contributed by atoms with Crippen molar-refractivity contribution in [2.24, 2.45) is 0 Å². The fourth-order valence-corrected chi connectivity index (χ4v) is 6.72. The Morgan fingerprint density at radius 3 is 2.21 bits per heavy atom. The van der Waals surface area contributed by atoms with Gasteiger partial charge in [-0.05, 0) is 88.5 Å². The fraction of sp³-hybridized carbons (Fsp3) is 0.286. The van der Waals surface area contributed by atoms with Gasteiger partial charge in [0.05, 0.1) is 20.8 Å². The van der Waals surface area contributed by atoms with Crippen molar-refractivity contribution in [1.29, 1.82) is 0 Å². The van der Waals surface area contributed by atoms with Crippen molar-refractivity contribution in [3.63, 3.8) is 0 Å². The molecule has 0 unspecified atom stereocenters. The van der Waals surface area contributed by atoms with Gasteiger partial charge in [0.2, 0.25) is 0 Å². The van der Waals surface area contributed by atoms with Crippen LogP contribution in [-0.4, -0.2) is 57.9 Å². The van der Waals surface area contributed by atoms with Gasteiger partial charge in [-0.3, -0.25) is 14.0 Å². The molecule has 0 fully saturated rings. The van der Waals surface area contributed by atoms with E-state index in [0.29, 0.717) is 36.0 Å². The van der Waals surface area contributed by atoms with Gasteiger partial charge in [0.15, 0.2) is 5.13 Å². The highest BCUT2D eigenvalue weighted by Crippen LogP contribution is 2.33. The molecule has 4 aromatic rings. The molecule has 1 amide bonds. The number of aromatic nitrogens is 1. The van der Waals surface area contributed by atoms with E-state index < -0.39 is 10.0 Å². The second-order valence-electron chi connectivity index (χ2n) is 9.22. The zero-order chi connectivity index (χ0) is 26.7. The fourth-order valence-electron chi connectivity index (χ4n) is 4.20. The summed E-state index contributed by atoms with van der Waals surface area (Å²) in [5.74, 6) is -0.213. The number of benzene rings is 3. The van der Waals surface area contributed by atoms with Crippen LogP contribution in [0.1, 0.15) is 28.4 Å². The number of likely N-dealkylation sites (N-methyl/N-ethyl adjacent to an activating group) is 1. The third-order valence-corrected chi connectivity index (χ3v) is 9.22. The normalized spacial score (nSPS) is 11.4. The number of carbonyl (C=O) groups excluding carboxylic acids is 1. The number of halogens is 1. The lowest BCUT2D eigenvalue weighted by molar-refractivity contribution is 0.0985. The first-order valence-electron chi connectivity index (χ1n) is 12.1. The van der Waals surface area contributed by atoms with Gasteiger partial charge in [-0.25, -0.2) is 13.4 Å². The molecule has 0 saturated heterocycles. The first-order valence-corrected chi connectivity index (χ1v) is 14.4. The maximum Gasteiger partial charge on any atom is 0.264 e. The minimum absolute atomic E-state index is 0. The van der Waals surface area contributed by atoms with E-state index in [4.69, 9.17) is 4.98 Å². The van der Waals surface area contributed by atoms with Crippen LogP contribution in [0.4, 0.5) is 10.8 Å². The molecular weight excluding hydrogens is 540 g/mol. The van der Waals surface area contributed by atoms with Gasteiger partial charge in [-0.15, -0.1) is 12.4 Å². The Labute approximate surface area is 235 Å². The molecule has 0 radical (unpaired) electrons. The summed E-state index contributed by atoms with van der Waals surface area (Å²) < 4.78 is 29.1. The summed E-state index contributed by atoms with van der Waals surface area (Å²) in [5.41, 5.74) is 4.14. The van der Waals surface area contributed by atoms with Crippen molar-refractivity contribution in [2.45, 2.75) is 25.7 Å². The van der Waals surface area contributed by atoms with Gasteiger partial charge >= 0.3 is 0 Å². The number of nitrogens with zero attached hydrogens (tertiary/aromatic N) is 4. The summed E-state index contributed by atoms with van der Waals surface area (Å²) in [6, 6.07) is 19.3. The summed E-state index contributed by atoms with van der Waals surface area (Å²) in [6.07, 6.45) is 0. The third kappa shape index (κ3) is 6.18. The molecule has 0 aliphatic heterocycles. The van der Waals surface area contributed by atoms with E-state index in [9.17, 15) is 13.2 Å². The van der Waals surface area contributed by atoms with Crippen molar-refractivity contribution in [1.82, 2.24) is 9.88 Å². The van der Waals surface area contributed by atoms with Crippen LogP contribution in [0.5, 0.6) is 0 Å². The summed E-state index contributed by atoms with van der Waals surface area (Å²) in [5, 5.41) is 0.633. The molecule has 3 aromatic carbocycles. The zero-order valence-corrected chi connectivity index (χ0v) is 24.7. The highest BCUT2D eigenvalue weighted by molar-refractivity contribution is 7.92. The lowest BCUT2D eigenvalue weighted by atomic mass is 10.1. The Bertz CT molecular complexity index is 1500. The molecule has 0 bridgehead atoms. The molecule has 0 atom stereocenters. The molecule has 4 rings (SSSR count). The van der Waals surface area contributed by atoms with E-state index in [-0.39, 0.29) is 23.2 Å². The van der Waals surface area contributed by atoms with Crippen molar-refractivity contribution in [3.8, 4) is 0 Å². The Hall–Kier alpha value is -2.98. The first kappa shape index (κ1) is 29.6. The Morgan fingerprint density at radius 1 is 0.947 bits per heavy atom. The number of sulfonamides is 1. The summed E-state index contributed by atoms with van der Waals surface area (Å²) in [4.78, 5) is 22.3. The van der Waals surface area contributed by atoms with Crippen LogP contribution < -0.4 is 9.21 Å². The van der Waals surface area contributed by atoms with Crippen molar-refractivity contribution >= 4 is 60.7 Å². The molecule has 1 aromatic heterocycles. The highest BCUT2D eigenvalue weighted by Gasteiger charge is 2.26. The van der Waals surface area contributed by atoms with Crippen LogP contribution in [0, 0.1) is 13.8 Å². The molecule has 0 aliphatic rings. The Morgan fingerprint density at radius 2 is 1.61 bits per heavy atom. The molecule has 7 nitrogen and oxygen atoms in total. The van der Waals surface area contributed by atoms with E-state index in [0.717, 1.165) is 21.3 Å². The molecule has 10 heteroatoms. The van der Waals surface area contributed by atoms with E-state index >= 15 is 0 Å². The number of aryl methyl sites for hydroxylation is 2. The van der Waals surface area contributed by atoms with Crippen LogP contribution in [0.3, 0.4) is 0 Å². The minimum Gasteiger partial charge on any atom is -0.308 e. The molecule has 0 N–H and O–H groups in total. The van der Waals surface area contributed by atoms with E-state index in [2.05, 4.69) is 13.0 Å². The van der Waals surface area contributed by atoms with Gasteiger partial charge < -0.3 is 4.90 Å². The molecule has 38 heavy (non-hydrogen) atoms. The largest absolute Gasteiger partial charge is 0.308 e. The molecule has 0 spiro atoms. The molecule has 0 aliphatic carbocycles. The summed E-state index contributed by atoms with van der Waals surface area (Å²) >= 11 is 1.50. The number of anilines is 2. The first-order chi connectivity index (χ1) is 17.6. The van der Waals surface area contributed by atoms with E-state index in [1.54, 1.807) is 36.1 Å². The standard InChI is InChI=1S/C28H32N4O3S2.ClH/c1-6-32(23-10-8-7-9-11-23)37(34,35)24-14-12-22(13-15-24)27(33)31(17-16-30(4)5)28-29-25-19-20(2)18-21(3)26(25)36-28;/h7-15,18-19H,6,16-17H2,1-5H3;1H. The van der Waals surface area contributed by atoms with Crippen LogP contribution in [0.2, 0.25) is 0 Å². The smallest absolute Gasteiger partial charge is 0.264 e. The topological polar surface area (TPSA) is 73.8 Å². The lowest BCUT2D eigenvalue weighted by Crippen LogP contribution is -2.36. The molecular formula is C28H33ClN4O3S2. The zero-order valence-electron chi connectivity index (χ0n) is 22.2. The number of rotatable bonds is 9. The van der Waals surface area contributed by atoms with Crippen molar-refractivity contribution < 1.29 is 13.2 Å². The number of carbonyl (C=O) groups is 1. The second-order valence-corrected chi connectivity index (χ2v) is 12.1. The van der Waals surface area contributed by atoms with Gasteiger partial charge in [0.1, 0.15) is 0 Å². The van der Waals surface area contributed by atoms with Crippen molar-refractivity contribution in [2.75, 3.05) is 42.9 Å². The molecule has 0 saturated carbocycles. The minimum atomic E-state index is -3.78. The quantitative estimate of drug-likeness (QED) is 0.255. The number of fused-ring (bicyclic) bond motifs is 1. The third-order valence-electron chi connectivity index (χ3n) is 6.08. The predicted molar refractivity (Wildman–Crippen MR) is 160 cm³/mol. The predicted octanol–water partition coefficient (Wildman–Crippen LogP) is 5.76. The average Bonchev–Trinajstić information content (AvgIpc) is 3.29. The van der Waals surface area contributed by atoms with Gasteiger partial charge in [0.25, 0.3) is 15.9 Å². The van der Waals surface area contributed by atoms with Gasteiger partial charge in [-0.2, -0.15) is 0 Å². The maximum atomic E-state index is 13.7. The number of amides is 1. The lowest BCUT2D eigenvalue weighted by Gasteiger charge is -2.24. The maximum absolute atomic E-state index is 13.7. The van der Waals surface area contributed by atoms with Crippen LogP contribution in [0.25, 0.3) is 10.2 Å². The van der Waals surface area contributed by atoms with Crippen LogP contribution >= 0.6 is 23.7 Å². The summed E-state index contributed by atoms with van der Waals surface area (Å²) in [6.45, 7) is 7.30. The molecule has 1 heterocycles. The number of para-hydroxylation sites is 1. The monoisotopic (exact) mass is 572 g/mol.